The predicted octanol–water partition coefficient (Wildman–Crippen LogP) is 1.92. The first-order chi connectivity index (χ1) is 8.18. The monoisotopic (exact) mass is 235 g/mol. The number of carboxylic acids is 1. The van der Waals surface area contributed by atoms with Crippen LogP contribution < -0.4 is 4.90 Å². The van der Waals surface area contributed by atoms with E-state index in [9.17, 15) is 4.79 Å². The zero-order valence-electron chi connectivity index (χ0n) is 9.98. The average molecular weight is 235 g/mol. The van der Waals surface area contributed by atoms with Gasteiger partial charge in [0.15, 0.2) is 0 Å². The molecule has 1 aromatic carbocycles. The molecule has 4 heteroatoms. The Morgan fingerprint density at radius 2 is 2.18 bits per heavy atom. The summed E-state index contributed by atoms with van der Waals surface area (Å²) in [7, 11) is 0. The molecule has 17 heavy (non-hydrogen) atoms. The van der Waals surface area contributed by atoms with Crippen LogP contribution in [0.5, 0.6) is 0 Å². The highest BCUT2D eigenvalue weighted by Gasteiger charge is 2.13. The Kier molecular flexibility index (Phi) is 3.64. The van der Waals surface area contributed by atoms with Crippen LogP contribution in [0, 0.1) is 6.92 Å². The topological polar surface area (TPSA) is 49.8 Å². The van der Waals surface area contributed by atoms with Crippen molar-refractivity contribution in [3.63, 3.8) is 0 Å². The molecule has 0 spiro atoms. The minimum absolute atomic E-state index is 0.375. The third-order valence-corrected chi connectivity index (χ3v) is 3.03. The van der Waals surface area contributed by atoms with Gasteiger partial charge in [0.25, 0.3) is 0 Å². The van der Waals surface area contributed by atoms with Crippen molar-refractivity contribution in [2.24, 2.45) is 0 Å². The summed E-state index contributed by atoms with van der Waals surface area (Å²) < 4.78 is 5.40. The van der Waals surface area contributed by atoms with Gasteiger partial charge < -0.3 is 14.7 Å². The maximum absolute atomic E-state index is 10.9. The smallest absolute Gasteiger partial charge is 0.335 e. The number of carbonyl (C=O) groups is 1. The van der Waals surface area contributed by atoms with Crippen molar-refractivity contribution >= 4 is 11.7 Å². The van der Waals surface area contributed by atoms with Gasteiger partial charge in [-0.05, 0) is 37.1 Å². The van der Waals surface area contributed by atoms with Gasteiger partial charge in [-0.2, -0.15) is 0 Å². The van der Waals surface area contributed by atoms with Gasteiger partial charge >= 0.3 is 5.97 Å². The number of benzene rings is 1. The maximum atomic E-state index is 10.9. The van der Waals surface area contributed by atoms with E-state index in [1.165, 1.54) is 0 Å². The SMILES string of the molecule is Cc1cc(N2CCCOCC2)ccc1C(=O)O. The van der Waals surface area contributed by atoms with Crippen molar-refractivity contribution in [2.75, 3.05) is 31.2 Å². The highest BCUT2D eigenvalue weighted by Crippen LogP contribution is 2.20. The second-order valence-corrected chi connectivity index (χ2v) is 4.26. The summed E-state index contributed by atoms with van der Waals surface area (Å²) in [5.74, 6) is -0.867. The average Bonchev–Trinajstić information content (AvgIpc) is 2.56. The van der Waals surface area contributed by atoms with Crippen LogP contribution in [-0.2, 0) is 4.74 Å². The molecule has 1 aliphatic rings. The Morgan fingerprint density at radius 1 is 1.35 bits per heavy atom. The molecule has 0 atom stereocenters. The normalized spacial score (nSPS) is 16.6. The molecule has 0 amide bonds. The first-order valence-electron chi connectivity index (χ1n) is 5.85. The van der Waals surface area contributed by atoms with Crippen LogP contribution in [0.3, 0.4) is 0 Å². The van der Waals surface area contributed by atoms with Gasteiger partial charge in [0.05, 0.1) is 12.2 Å². The third kappa shape index (κ3) is 2.77. The molecule has 1 saturated heterocycles. The summed E-state index contributed by atoms with van der Waals surface area (Å²) in [6.45, 7) is 5.21. The molecule has 1 aromatic rings. The number of aryl methyl sites for hydroxylation is 1. The molecule has 0 aliphatic carbocycles. The highest BCUT2D eigenvalue weighted by atomic mass is 16.5. The first-order valence-corrected chi connectivity index (χ1v) is 5.85. The fourth-order valence-corrected chi connectivity index (χ4v) is 2.09. The molecule has 0 unspecified atom stereocenters. The van der Waals surface area contributed by atoms with Crippen molar-refractivity contribution in [3.8, 4) is 0 Å². The van der Waals surface area contributed by atoms with Gasteiger partial charge in [-0.15, -0.1) is 0 Å². The molecule has 0 radical (unpaired) electrons. The molecular formula is C13H17NO3. The number of ether oxygens (including phenoxy) is 1. The van der Waals surface area contributed by atoms with Crippen LogP contribution in [0.1, 0.15) is 22.3 Å². The van der Waals surface area contributed by atoms with Crippen LogP contribution in [-0.4, -0.2) is 37.4 Å². The van der Waals surface area contributed by atoms with Gasteiger partial charge in [0, 0.05) is 25.4 Å². The van der Waals surface area contributed by atoms with E-state index in [-0.39, 0.29) is 0 Å². The molecule has 1 aliphatic heterocycles. The van der Waals surface area contributed by atoms with Crippen molar-refractivity contribution in [1.82, 2.24) is 0 Å². The fraction of sp³-hybridized carbons (Fsp3) is 0.462. The summed E-state index contributed by atoms with van der Waals surface area (Å²) in [5, 5.41) is 8.98. The molecule has 92 valence electrons. The number of anilines is 1. The van der Waals surface area contributed by atoms with Crippen LogP contribution in [0.4, 0.5) is 5.69 Å². The molecule has 1 fully saturated rings. The molecule has 0 bridgehead atoms. The Bertz CT molecular complexity index is 409. The number of nitrogens with zero attached hydrogens (tertiary/aromatic N) is 1. The van der Waals surface area contributed by atoms with E-state index in [0.29, 0.717) is 5.56 Å². The van der Waals surface area contributed by atoms with Crippen LogP contribution in [0.25, 0.3) is 0 Å². The fourth-order valence-electron chi connectivity index (χ4n) is 2.09. The lowest BCUT2D eigenvalue weighted by molar-refractivity contribution is 0.0696. The van der Waals surface area contributed by atoms with Crippen LogP contribution >= 0.6 is 0 Å². The number of hydrogen-bond acceptors (Lipinski definition) is 3. The van der Waals surface area contributed by atoms with E-state index >= 15 is 0 Å². The maximum Gasteiger partial charge on any atom is 0.335 e. The second-order valence-electron chi connectivity index (χ2n) is 4.26. The molecular weight excluding hydrogens is 218 g/mol. The zero-order chi connectivity index (χ0) is 12.3. The lowest BCUT2D eigenvalue weighted by Crippen LogP contribution is -2.26. The Morgan fingerprint density at radius 3 is 2.88 bits per heavy atom. The second kappa shape index (κ2) is 5.19. The van der Waals surface area contributed by atoms with Gasteiger partial charge in [0.1, 0.15) is 0 Å². The van der Waals surface area contributed by atoms with E-state index in [4.69, 9.17) is 9.84 Å². The Hall–Kier alpha value is -1.55. The largest absolute Gasteiger partial charge is 0.478 e. The molecule has 4 nitrogen and oxygen atoms in total. The summed E-state index contributed by atoms with van der Waals surface area (Å²) in [6.07, 6.45) is 1.01. The zero-order valence-corrected chi connectivity index (χ0v) is 9.98. The van der Waals surface area contributed by atoms with E-state index in [1.807, 2.05) is 19.1 Å². The van der Waals surface area contributed by atoms with Crippen molar-refractivity contribution in [3.05, 3.63) is 29.3 Å². The number of rotatable bonds is 2. The predicted molar refractivity (Wildman–Crippen MR) is 65.8 cm³/mol. The van der Waals surface area contributed by atoms with Crippen LogP contribution in [0.15, 0.2) is 18.2 Å². The van der Waals surface area contributed by atoms with Crippen molar-refractivity contribution in [1.29, 1.82) is 0 Å². The molecule has 1 heterocycles. The number of aromatic carboxylic acids is 1. The van der Waals surface area contributed by atoms with Crippen LogP contribution in [0.2, 0.25) is 0 Å². The standard InChI is InChI=1S/C13H17NO3/c1-10-9-11(3-4-12(10)13(15)16)14-5-2-7-17-8-6-14/h3-4,9H,2,5-8H2,1H3,(H,15,16). The molecule has 1 N–H and O–H groups in total. The number of hydrogen-bond donors (Lipinski definition) is 1. The van der Waals surface area contributed by atoms with E-state index in [1.54, 1.807) is 6.07 Å². The Balaban J connectivity index is 2.21. The lowest BCUT2D eigenvalue weighted by Gasteiger charge is -2.22. The van der Waals surface area contributed by atoms with E-state index in [0.717, 1.165) is 44.0 Å². The quantitative estimate of drug-likeness (QED) is 0.850. The lowest BCUT2D eigenvalue weighted by atomic mass is 10.1. The minimum atomic E-state index is -0.867. The summed E-state index contributed by atoms with van der Waals surface area (Å²) in [6, 6.07) is 5.50. The molecule has 0 aromatic heterocycles. The summed E-state index contributed by atoms with van der Waals surface area (Å²) in [4.78, 5) is 13.2. The number of carboxylic acid groups (broad SMARTS) is 1. The summed E-state index contributed by atoms with van der Waals surface area (Å²) >= 11 is 0. The molecule has 2 rings (SSSR count). The van der Waals surface area contributed by atoms with Gasteiger partial charge in [-0.25, -0.2) is 4.79 Å². The highest BCUT2D eigenvalue weighted by molar-refractivity contribution is 5.89. The van der Waals surface area contributed by atoms with Gasteiger partial charge in [-0.3, -0.25) is 0 Å². The molecule has 0 saturated carbocycles. The third-order valence-electron chi connectivity index (χ3n) is 3.03. The minimum Gasteiger partial charge on any atom is -0.478 e. The summed E-state index contributed by atoms with van der Waals surface area (Å²) in [5.41, 5.74) is 2.26. The van der Waals surface area contributed by atoms with E-state index < -0.39 is 5.97 Å². The Labute approximate surface area is 101 Å². The van der Waals surface area contributed by atoms with Gasteiger partial charge in [-0.1, -0.05) is 0 Å². The van der Waals surface area contributed by atoms with Crippen molar-refractivity contribution in [2.45, 2.75) is 13.3 Å². The van der Waals surface area contributed by atoms with Gasteiger partial charge in [0.2, 0.25) is 0 Å². The first kappa shape index (κ1) is 11.9. The van der Waals surface area contributed by atoms with Crippen molar-refractivity contribution < 1.29 is 14.6 Å². The van der Waals surface area contributed by atoms with E-state index in [2.05, 4.69) is 4.90 Å².